The molecule has 112 valence electrons. The summed E-state index contributed by atoms with van der Waals surface area (Å²) in [5, 5.41) is 0. The Balaban J connectivity index is 2.05. The third-order valence-electron chi connectivity index (χ3n) is 3.83. The minimum absolute atomic E-state index is 0.195. The highest BCUT2D eigenvalue weighted by Gasteiger charge is 2.34. The van der Waals surface area contributed by atoms with E-state index in [9.17, 15) is 14.4 Å². The first kappa shape index (κ1) is 14.3. The normalized spacial score (nSPS) is 20.4. The van der Waals surface area contributed by atoms with Crippen molar-refractivity contribution >= 4 is 17.5 Å². The van der Waals surface area contributed by atoms with Crippen molar-refractivity contribution in [1.29, 1.82) is 0 Å². The highest BCUT2D eigenvalue weighted by atomic mass is 16.5. The molecule has 5 nitrogen and oxygen atoms in total. The molecule has 0 aromatic rings. The average Bonchev–Trinajstić information content (AvgIpc) is 2.47. The number of hydrogen-bond acceptors (Lipinski definition) is 5. The van der Waals surface area contributed by atoms with E-state index >= 15 is 0 Å². The Hall–Kier alpha value is -2.69. The molecule has 0 aromatic heterocycles. The molecule has 0 amide bonds. The second kappa shape index (κ2) is 5.26. The van der Waals surface area contributed by atoms with Crippen LogP contribution < -0.4 is 5.73 Å². The Kier molecular flexibility index (Phi) is 3.41. The second-order valence-electron chi connectivity index (χ2n) is 5.25. The summed E-state index contributed by atoms with van der Waals surface area (Å²) in [4.78, 5) is 36.5. The van der Waals surface area contributed by atoms with E-state index in [2.05, 4.69) is 0 Å². The smallest absolute Gasteiger partial charge is 0.339 e. The van der Waals surface area contributed by atoms with E-state index in [1.54, 1.807) is 25.2 Å². The molecule has 0 bridgehead atoms. The fourth-order valence-corrected chi connectivity index (χ4v) is 2.80. The number of ketones is 2. The Morgan fingerprint density at radius 3 is 2.82 bits per heavy atom. The number of carbonyl (C=O) groups is 3. The van der Waals surface area contributed by atoms with Gasteiger partial charge in [0, 0.05) is 24.1 Å². The van der Waals surface area contributed by atoms with Gasteiger partial charge >= 0.3 is 5.97 Å². The summed E-state index contributed by atoms with van der Waals surface area (Å²) in [6, 6.07) is 0. The predicted molar refractivity (Wildman–Crippen MR) is 79.4 cm³/mol. The minimum atomic E-state index is -0.547. The van der Waals surface area contributed by atoms with Gasteiger partial charge < -0.3 is 10.5 Å². The molecule has 5 heteroatoms. The number of fused-ring (bicyclic) bond motifs is 1. The van der Waals surface area contributed by atoms with Crippen LogP contribution in [0.15, 0.2) is 57.9 Å². The van der Waals surface area contributed by atoms with Gasteiger partial charge in [0.1, 0.15) is 0 Å². The number of Topliss-reactive ketones (excluding diaryl/α,β-unsaturated/α-hetero) is 2. The lowest BCUT2D eigenvalue weighted by molar-refractivity contribution is -0.138. The highest BCUT2D eigenvalue weighted by Crippen LogP contribution is 2.36. The molecular weight excluding hydrogens is 282 g/mol. The van der Waals surface area contributed by atoms with Gasteiger partial charge in [0.2, 0.25) is 0 Å². The van der Waals surface area contributed by atoms with E-state index in [1.807, 2.05) is 0 Å². The molecule has 0 spiro atoms. The monoisotopic (exact) mass is 297 g/mol. The van der Waals surface area contributed by atoms with E-state index in [0.717, 1.165) is 5.57 Å². The summed E-state index contributed by atoms with van der Waals surface area (Å²) in [6.45, 7) is 1.93. The zero-order valence-electron chi connectivity index (χ0n) is 12.1. The summed E-state index contributed by atoms with van der Waals surface area (Å²) < 4.78 is 4.95. The maximum atomic E-state index is 12.6. The third-order valence-corrected chi connectivity index (χ3v) is 3.83. The topological polar surface area (TPSA) is 86.5 Å². The molecule has 0 heterocycles. The van der Waals surface area contributed by atoms with E-state index in [0.29, 0.717) is 23.3 Å². The van der Waals surface area contributed by atoms with Gasteiger partial charge in [0.05, 0.1) is 17.8 Å². The maximum Gasteiger partial charge on any atom is 0.339 e. The summed E-state index contributed by atoms with van der Waals surface area (Å²) in [7, 11) is 0. The van der Waals surface area contributed by atoms with Crippen molar-refractivity contribution in [2.24, 2.45) is 5.73 Å². The zero-order valence-corrected chi connectivity index (χ0v) is 12.1. The molecule has 3 aliphatic rings. The van der Waals surface area contributed by atoms with Crippen LogP contribution in [0, 0.1) is 0 Å². The molecule has 0 radical (unpaired) electrons. The Morgan fingerprint density at radius 1 is 1.32 bits per heavy atom. The average molecular weight is 297 g/mol. The van der Waals surface area contributed by atoms with Crippen LogP contribution in [0.5, 0.6) is 0 Å². The van der Waals surface area contributed by atoms with Crippen molar-refractivity contribution in [2.45, 2.75) is 19.8 Å². The number of hydrogen-bond donors (Lipinski definition) is 1. The van der Waals surface area contributed by atoms with E-state index < -0.39 is 5.97 Å². The van der Waals surface area contributed by atoms with Crippen molar-refractivity contribution in [3.8, 4) is 0 Å². The molecule has 0 saturated carbocycles. The fourth-order valence-electron chi connectivity index (χ4n) is 2.80. The molecule has 2 N–H and O–H groups in total. The molecule has 0 saturated heterocycles. The van der Waals surface area contributed by atoms with E-state index in [-0.39, 0.29) is 35.7 Å². The summed E-state index contributed by atoms with van der Waals surface area (Å²) >= 11 is 0. The lowest BCUT2D eigenvalue weighted by Gasteiger charge is -2.25. The van der Waals surface area contributed by atoms with Crippen LogP contribution in [-0.4, -0.2) is 24.1 Å². The lowest BCUT2D eigenvalue weighted by atomic mass is 9.78. The summed E-state index contributed by atoms with van der Waals surface area (Å²) in [5.41, 5.74) is 8.42. The first-order valence-corrected chi connectivity index (χ1v) is 7.10. The van der Waals surface area contributed by atoms with Gasteiger partial charge in [-0.25, -0.2) is 4.79 Å². The largest absolute Gasteiger partial charge is 0.462 e. The first-order valence-electron chi connectivity index (χ1n) is 7.10. The van der Waals surface area contributed by atoms with Crippen molar-refractivity contribution in [1.82, 2.24) is 0 Å². The Bertz CT molecular complexity index is 760. The van der Waals surface area contributed by atoms with Crippen molar-refractivity contribution in [2.75, 3.05) is 6.61 Å². The molecule has 3 aliphatic carbocycles. The number of allylic oxidation sites excluding steroid dienone is 7. The van der Waals surface area contributed by atoms with E-state index in [4.69, 9.17) is 10.5 Å². The molecule has 0 aliphatic heterocycles. The van der Waals surface area contributed by atoms with Crippen LogP contribution in [0.3, 0.4) is 0 Å². The SMILES string of the molecule is CCOC(=O)C1=C(N)CC2=CC3=C(C(=O)CC=C3)C(=O)C2=C1. The molecule has 22 heavy (non-hydrogen) atoms. The number of rotatable bonds is 2. The van der Waals surface area contributed by atoms with E-state index in [1.165, 1.54) is 6.08 Å². The van der Waals surface area contributed by atoms with Gasteiger partial charge in [-0.1, -0.05) is 12.2 Å². The summed E-state index contributed by atoms with van der Waals surface area (Å²) in [6.07, 6.45) is 7.28. The first-order chi connectivity index (χ1) is 10.5. The van der Waals surface area contributed by atoms with Gasteiger partial charge in [0.15, 0.2) is 11.6 Å². The van der Waals surface area contributed by atoms with Crippen molar-refractivity contribution < 1.29 is 19.1 Å². The molecule has 0 unspecified atom stereocenters. The Labute approximate surface area is 127 Å². The highest BCUT2D eigenvalue weighted by molar-refractivity contribution is 6.30. The lowest BCUT2D eigenvalue weighted by Crippen LogP contribution is -2.26. The van der Waals surface area contributed by atoms with Gasteiger partial charge in [0.25, 0.3) is 0 Å². The maximum absolute atomic E-state index is 12.6. The van der Waals surface area contributed by atoms with Crippen LogP contribution in [0.1, 0.15) is 19.8 Å². The minimum Gasteiger partial charge on any atom is -0.462 e. The quantitative estimate of drug-likeness (QED) is 0.615. The number of esters is 1. The van der Waals surface area contributed by atoms with Crippen LogP contribution in [0.2, 0.25) is 0 Å². The van der Waals surface area contributed by atoms with Crippen LogP contribution in [-0.2, 0) is 19.1 Å². The third kappa shape index (κ3) is 2.15. The zero-order chi connectivity index (χ0) is 15.9. The van der Waals surface area contributed by atoms with Gasteiger partial charge in [-0.2, -0.15) is 0 Å². The van der Waals surface area contributed by atoms with Crippen molar-refractivity contribution in [3.05, 3.63) is 57.9 Å². The van der Waals surface area contributed by atoms with Crippen molar-refractivity contribution in [3.63, 3.8) is 0 Å². The molecule has 0 atom stereocenters. The standard InChI is InChI=1S/C17H15NO4/c1-2-22-17(21)12-8-11-10(7-13(12)18)6-9-4-3-5-14(19)15(9)16(11)20/h3-4,6,8H,2,5,7,18H2,1H3. The fraction of sp³-hybridized carbons (Fsp3) is 0.235. The molecule has 3 rings (SSSR count). The van der Waals surface area contributed by atoms with Gasteiger partial charge in [-0.05, 0) is 30.2 Å². The van der Waals surface area contributed by atoms with Gasteiger partial charge in [-0.3, -0.25) is 9.59 Å². The second-order valence-corrected chi connectivity index (χ2v) is 5.25. The van der Waals surface area contributed by atoms with Crippen LogP contribution in [0.25, 0.3) is 0 Å². The molecular formula is C17H15NO4. The Morgan fingerprint density at radius 2 is 2.09 bits per heavy atom. The van der Waals surface area contributed by atoms with Crippen LogP contribution >= 0.6 is 0 Å². The number of carbonyl (C=O) groups excluding carboxylic acids is 3. The van der Waals surface area contributed by atoms with Gasteiger partial charge in [-0.15, -0.1) is 0 Å². The number of nitrogens with two attached hydrogens (primary N) is 1. The molecule has 0 fully saturated rings. The number of ether oxygens (including phenoxy) is 1. The molecule has 0 aromatic carbocycles. The van der Waals surface area contributed by atoms with Crippen LogP contribution in [0.4, 0.5) is 0 Å². The predicted octanol–water partition coefficient (Wildman–Crippen LogP) is 1.43. The summed E-state index contributed by atoms with van der Waals surface area (Å²) in [5.74, 6) is -1.08.